The fourth-order valence-corrected chi connectivity index (χ4v) is 2.83. The predicted molar refractivity (Wildman–Crippen MR) is 61.5 cm³/mol. The average Bonchev–Trinajstić information content (AvgIpc) is 2.20. The molecule has 1 atom stereocenters. The molecule has 0 aliphatic carbocycles. The maximum Gasteiger partial charge on any atom is 0.242 e. The van der Waals surface area contributed by atoms with Gasteiger partial charge in [0.2, 0.25) is 10.0 Å². The van der Waals surface area contributed by atoms with Crippen molar-refractivity contribution in [2.75, 3.05) is 13.6 Å². The van der Waals surface area contributed by atoms with Gasteiger partial charge in [0, 0.05) is 19.0 Å². The van der Waals surface area contributed by atoms with Gasteiger partial charge in [0.05, 0.1) is 4.90 Å². The minimum Gasteiger partial charge on any atom is -0.207 e. The topological polar surface area (TPSA) is 37.4 Å². The smallest absolute Gasteiger partial charge is 0.207 e. The molecule has 0 aliphatic rings. The molecule has 0 N–H and O–H groups in total. The Balaban J connectivity index is 3.09. The van der Waals surface area contributed by atoms with E-state index in [9.17, 15) is 17.2 Å². The molecule has 0 aromatic heterocycles. The summed E-state index contributed by atoms with van der Waals surface area (Å²) >= 11 is 5.68. The van der Waals surface area contributed by atoms with Crippen molar-refractivity contribution in [3.05, 3.63) is 29.8 Å². The van der Waals surface area contributed by atoms with Gasteiger partial charge in [-0.25, -0.2) is 17.2 Å². The Kier molecular flexibility index (Phi) is 4.46. The SMILES string of the molecule is CC(Cl)CN(C)S(=O)(=O)c1ccc(F)c(F)c1. The standard InChI is InChI=1S/C10H12ClF2NO2S/c1-7(11)6-14(2)17(15,16)8-3-4-9(12)10(13)5-8/h3-5,7H,6H2,1-2H3. The number of nitrogens with zero attached hydrogens (tertiary/aromatic N) is 1. The quantitative estimate of drug-likeness (QED) is 0.795. The first-order chi connectivity index (χ1) is 7.75. The number of sulfonamides is 1. The Morgan fingerprint density at radius 3 is 2.41 bits per heavy atom. The van der Waals surface area contributed by atoms with Crippen LogP contribution in [0, 0.1) is 11.6 Å². The van der Waals surface area contributed by atoms with Gasteiger partial charge in [-0.2, -0.15) is 4.31 Å². The van der Waals surface area contributed by atoms with Gasteiger partial charge in [-0.3, -0.25) is 0 Å². The molecule has 0 aliphatic heterocycles. The van der Waals surface area contributed by atoms with Crippen LogP contribution in [0.3, 0.4) is 0 Å². The van der Waals surface area contributed by atoms with Crippen LogP contribution < -0.4 is 0 Å². The van der Waals surface area contributed by atoms with Gasteiger partial charge in [-0.05, 0) is 25.1 Å². The number of hydrogen-bond acceptors (Lipinski definition) is 2. The van der Waals surface area contributed by atoms with Gasteiger partial charge >= 0.3 is 0 Å². The number of hydrogen-bond donors (Lipinski definition) is 0. The zero-order valence-corrected chi connectivity index (χ0v) is 10.9. The number of alkyl halides is 1. The highest BCUT2D eigenvalue weighted by Crippen LogP contribution is 2.18. The summed E-state index contributed by atoms with van der Waals surface area (Å²) < 4.78 is 50.5. The lowest BCUT2D eigenvalue weighted by Gasteiger charge is -2.18. The zero-order valence-electron chi connectivity index (χ0n) is 9.32. The molecule has 0 amide bonds. The first kappa shape index (κ1) is 14.3. The fraction of sp³-hybridized carbons (Fsp3) is 0.400. The van der Waals surface area contributed by atoms with Gasteiger partial charge in [0.1, 0.15) is 0 Å². The lowest BCUT2D eigenvalue weighted by molar-refractivity contribution is 0.467. The van der Waals surface area contributed by atoms with Crippen molar-refractivity contribution in [2.45, 2.75) is 17.2 Å². The summed E-state index contributed by atoms with van der Waals surface area (Å²) in [7, 11) is -2.50. The second kappa shape index (κ2) is 5.29. The second-order valence-corrected chi connectivity index (χ2v) is 6.43. The summed E-state index contributed by atoms with van der Waals surface area (Å²) in [6, 6.07) is 2.45. The average molecular weight is 284 g/mol. The molecule has 7 heteroatoms. The summed E-state index contributed by atoms with van der Waals surface area (Å²) in [6.07, 6.45) is 0. The van der Waals surface area contributed by atoms with Crippen LogP contribution in [0.2, 0.25) is 0 Å². The molecule has 17 heavy (non-hydrogen) atoms. The molecule has 0 saturated carbocycles. The van der Waals surface area contributed by atoms with Gasteiger partial charge in [-0.15, -0.1) is 11.6 Å². The number of benzene rings is 1. The monoisotopic (exact) mass is 283 g/mol. The second-order valence-electron chi connectivity index (χ2n) is 3.64. The van der Waals surface area contributed by atoms with Gasteiger partial charge in [0.15, 0.2) is 11.6 Å². The summed E-state index contributed by atoms with van der Waals surface area (Å²) in [6.45, 7) is 1.72. The lowest BCUT2D eigenvalue weighted by Crippen LogP contribution is -2.31. The Morgan fingerprint density at radius 2 is 1.94 bits per heavy atom. The Labute approximate surface area is 104 Å². The predicted octanol–water partition coefficient (Wildman–Crippen LogP) is 2.21. The van der Waals surface area contributed by atoms with E-state index in [1.165, 1.54) is 7.05 Å². The Bertz CT molecular complexity index is 505. The van der Waals surface area contributed by atoms with E-state index in [4.69, 9.17) is 11.6 Å². The Hall–Kier alpha value is -0.720. The third-order valence-corrected chi connectivity index (χ3v) is 4.07. The number of rotatable bonds is 4. The normalized spacial score (nSPS) is 14.0. The van der Waals surface area contributed by atoms with Crippen LogP contribution in [0.4, 0.5) is 8.78 Å². The van der Waals surface area contributed by atoms with Crippen molar-refractivity contribution >= 4 is 21.6 Å². The van der Waals surface area contributed by atoms with E-state index in [0.29, 0.717) is 6.07 Å². The fourth-order valence-electron chi connectivity index (χ4n) is 1.27. The van der Waals surface area contributed by atoms with E-state index >= 15 is 0 Å². The molecule has 0 spiro atoms. The molecule has 1 aromatic rings. The molecule has 0 fully saturated rings. The van der Waals surface area contributed by atoms with E-state index < -0.39 is 21.7 Å². The summed E-state index contributed by atoms with van der Waals surface area (Å²) in [5.74, 6) is -2.28. The minimum absolute atomic E-state index is 0.0862. The molecule has 1 aromatic carbocycles. The highest BCUT2D eigenvalue weighted by Gasteiger charge is 2.23. The maximum absolute atomic E-state index is 13.0. The van der Waals surface area contributed by atoms with E-state index in [-0.39, 0.29) is 16.8 Å². The lowest BCUT2D eigenvalue weighted by atomic mass is 10.3. The molecule has 0 bridgehead atoms. The largest absolute Gasteiger partial charge is 0.242 e. The van der Waals surface area contributed by atoms with Crippen LogP contribution in [0.5, 0.6) is 0 Å². The Morgan fingerprint density at radius 1 is 1.35 bits per heavy atom. The molecule has 0 radical (unpaired) electrons. The third kappa shape index (κ3) is 3.37. The summed E-state index contributed by atoms with van der Waals surface area (Å²) in [5.41, 5.74) is 0. The van der Waals surface area contributed by atoms with E-state index in [1.807, 2.05) is 0 Å². The number of halogens is 3. The van der Waals surface area contributed by atoms with Gasteiger partial charge in [-0.1, -0.05) is 0 Å². The molecule has 0 heterocycles. The van der Waals surface area contributed by atoms with E-state index in [0.717, 1.165) is 16.4 Å². The van der Waals surface area contributed by atoms with Crippen LogP contribution in [0.25, 0.3) is 0 Å². The zero-order chi connectivity index (χ0) is 13.2. The molecule has 96 valence electrons. The third-order valence-electron chi connectivity index (χ3n) is 2.11. The van der Waals surface area contributed by atoms with E-state index in [2.05, 4.69) is 0 Å². The first-order valence-electron chi connectivity index (χ1n) is 4.80. The molecule has 1 rings (SSSR count). The van der Waals surface area contributed by atoms with Crippen molar-refractivity contribution in [1.29, 1.82) is 0 Å². The highest BCUT2D eigenvalue weighted by molar-refractivity contribution is 7.89. The van der Waals surface area contributed by atoms with Crippen molar-refractivity contribution < 1.29 is 17.2 Å². The van der Waals surface area contributed by atoms with Crippen LogP contribution in [-0.2, 0) is 10.0 Å². The molecular formula is C10H12ClF2NO2S. The van der Waals surface area contributed by atoms with Crippen molar-refractivity contribution in [1.82, 2.24) is 4.31 Å². The van der Waals surface area contributed by atoms with Crippen LogP contribution in [0.15, 0.2) is 23.1 Å². The van der Waals surface area contributed by atoms with Crippen LogP contribution in [-0.4, -0.2) is 31.7 Å². The van der Waals surface area contributed by atoms with Gasteiger partial charge in [0.25, 0.3) is 0 Å². The maximum atomic E-state index is 13.0. The molecular weight excluding hydrogens is 272 g/mol. The summed E-state index contributed by atoms with van der Waals surface area (Å²) in [4.78, 5) is -0.295. The highest BCUT2D eigenvalue weighted by atomic mass is 35.5. The summed E-state index contributed by atoms with van der Waals surface area (Å²) in [5, 5.41) is -0.375. The van der Waals surface area contributed by atoms with Crippen molar-refractivity contribution in [3.63, 3.8) is 0 Å². The molecule has 3 nitrogen and oxygen atoms in total. The van der Waals surface area contributed by atoms with Crippen molar-refractivity contribution in [3.8, 4) is 0 Å². The molecule has 1 unspecified atom stereocenters. The van der Waals surface area contributed by atoms with Crippen molar-refractivity contribution in [2.24, 2.45) is 0 Å². The van der Waals surface area contributed by atoms with E-state index in [1.54, 1.807) is 6.92 Å². The van der Waals surface area contributed by atoms with Crippen LogP contribution >= 0.6 is 11.6 Å². The van der Waals surface area contributed by atoms with Crippen LogP contribution in [0.1, 0.15) is 6.92 Å². The minimum atomic E-state index is -3.83. The van der Waals surface area contributed by atoms with Gasteiger partial charge < -0.3 is 0 Å². The molecule has 0 saturated heterocycles. The first-order valence-corrected chi connectivity index (χ1v) is 6.68.